The lowest BCUT2D eigenvalue weighted by atomic mass is 10.0. The number of nitrogens with zero attached hydrogens (tertiary/aromatic N) is 2. The normalized spacial score (nSPS) is 22.2. The van der Waals surface area contributed by atoms with E-state index in [1.165, 1.54) is 6.07 Å². The number of hydrogen-bond donors (Lipinski definition) is 2. The van der Waals surface area contributed by atoms with E-state index in [0.717, 1.165) is 12.1 Å². The van der Waals surface area contributed by atoms with E-state index in [1.54, 1.807) is 15.9 Å². The molecular formula is C19H24F3N3O3. The van der Waals surface area contributed by atoms with Gasteiger partial charge in [-0.15, -0.1) is 0 Å². The fraction of sp³-hybridized carbons (Fsp3) is 0.579. The van der Waals surface area contributed by atoms with E-state index in [1.807, 2.05) is 0 Å². The Balaban J connectivity index is 1.69. The van der Waals surface area contributed by atoms with E-state index in [0.29, 0.717) is 44.6 Å². The van der Waals surface area contributed by atoms with E-state index in [-0.39, 0.29) is 24.8 Å². The van der Waals surface area contributed by atoms with E-state index in [4.69, 9.17) is 0 Å². The van der Waals surface area contributed by atoms with Gasteiger partial charge in [-0.25, -0.2) is 0 Å². The summed E-state index contributed by atoms with van der Waals surface area (Å²) >= 11 is 0. The van der Waals surface area contributed by atoms with Gasteiger partial charge >= 0.3 is 6.18 Å². The molecule has 28 heavy (non-hydrogen) atoms. The van der Waals surface area contributed by atoms with Gasteiger partial charge in [0.05, 0.1) is 24.1 Å². The molecule has 2 heterocycles. The summed E-state index contributed by atoms with van der Waals surface area (Å²) in [6.07, 6.45) is -3.84. The summed E-state index contributed by atoms with van der Waals surface area (Å²) in [6.45, 7) is 1.90. The second kappa shape index (κ2) is 8.48. The molecule has 1 aromatic carbocycles. The lowest BCUT2D eigenvalue weighted by Gasteiger charge is -2.37. The average Bonchev–Trinajstić information content (AvgIpc) is 2.64. The van der Waals surface area contributed by atoms with Crippen LogP contribution in [0.1, 0.15) is 30.4 Å². The monoisotopic (exact) mass is 399 g/mol. The van der Waals surface area contributed by atoms with Crippen molar-refractivity contribution in [1.29, 1.82) is 0 Å². The van der Waals surface area contributed by atoms with Crippen molar-refractivity contribution in [1.82, 2.24) is 15.1 Å². The van der Waals surface area contributed by atoms with Crippen LogP contribution in [0.2, 0.25) is 0 Å². The van der Waals surface area contributed by atoms with Crippen LogP contribution in [-0.2, 0) is 22.3 Å². The fourth-order valence-electron chi connectivity index (χ4n) is 3.66. The van der Waals surface area contributed by atoms with Gasteiger partial charge in [-0.05, 0) is 24.5 Å². The topological polar surface area (TPSA) is 72.9 Å². The van der Waals surface area contributed by atoms with Gasteiger partial charge in [0.15, 0.2) is 0 Å². The number of alkyl halides is 3. The highest BCUT2D eigenvalue weighted by Crippen LogP contribution is 2.30. The maximum atomic E-state index is 12.9. The number of carbonyl (C=O) groups excluding carboxylic acids is 2. The van der Waals surface area contributed by atoms with E-state index >= 15 is 0 Å². The van der Waals surface area contributed by atoms with Crippen LogP contribution in [0.5, 0.6) is 0 Å². The predicted octanol–water partition coefficient (Wildman–Crippen LogP) is 1.38. The number of aliphatic hydroxyl groups is 1. The number of likely N-dealkylation sites (tertiary alicyclic amines) is 1. The molecule has 2 N–H and O–H groups in total. The van der Waals surface area contributed by atoms with Crippen LogP contribution < -0.4 is 5.32 Å². The van der Waals surface area contributed by atoms with Crippen LogP contribution in [0, 0.1) is 0 Å². The molecule has 1 atom stereocenters. The standard InChI is InChI=1S/C19H24F3N3O3/c20-19(21,22)14-3-1-2-13(10-14)12-25-9-6-23-18(28)16(25)11-17(27)24-7-4-15(26)5-8-24/h1-3,10,15-16,26H,4-9,11-12H2,(H,23,28). The van der Waals surface area contributed by atoms with Crippen molar-refractivity contribution in [2.24, 2.45) is 0 Å². The SMILES string of the molecule is O=C1NCCN(Cc2cccc(C(F)(F)F)c2)C1CC(=O)N1CCC(O)CC1. The van der Waals surface area contributed by atoms with Crippen molar-refractivity contribution in [3.63, 3.8) is 0 Å². The third-order valence-corrected chi connectivity index (χ3v) is 5.27. The summed E-state index contributed by atoms with van der Waals surface area (Å²) in [5.74, 6) is -0.466. The van der Waals surface area contributed by atoms with Gasteiger partial charge in [0.1, 0.15) is 0 Å². The highest BCUT2D eigenvalue weighted by Gasteiger charge is 2.34. The first-order valence-corrected chi connectivity index (χ1v) is 9.38. The summed E-state index contributed by atoms with van der Waals surface area (Å²) in [7, 11) is 0. The molecule has 1 aromatic rings. The smallest absolute Gasteiger partial charge is 0.393 e. The van der Waals surface area contributed by atoms with Crippen LogP contribution in [0.4, 0.5) is 13.2 Å². The number of rotatable bonds is 4. The lowest BCUT2D eigenvalue weighted by Crippen LogP contribution is -2.56. The Kier molecular flexibility index (Phi) is 6.24. The Morgan fingerprint density at radius 3 is 2.61 bits per heavy atom. The minimum atomic E-state index is -4.43. The Labute approximate surface area is 161 Å². The molecule has 9 heteroatoms. The summed E-state index contributed by atoms with van der Waals surface area (Å²) in [5, 5.41) is 12.3. The molecule has 3 rings (SSSR count). The number of carbonyl (C=O) groups is 2. The van der Waals surface area contributed by atoms with Gasteiger partial charge in [0.2, 0.25) is 11.8 Å². The second-order valence-electron chi connectivity index (χ2n) is 7.29. The van der Waals surface area contributed by atoms with Crippen molar-refractivity contribution in [3.8, 4) is 0 Å². The van der Waals surface area contributed by atoms with Crippen molar-refractivity contribution < 1.29 is 27.9 Å². The van der Waals surface area contributed by atoms with Crippen molar-refractivity contribution >= 4 is 11.8 Å². The Morgan fingerprint density at radius 1 is 1.21 bits per heavy atom. The molecule has 0 aromatic heterocycles. The fourth-order valence-corrected chi connectivity index (χ4v) is 3.66. The van der Waals surface area contributed by atoms with Gasteiger partial charge < -0.3 is 15.3 Å². The molecule has 0 saturated carbocycles. The zero-order valence-electron chi connectivity index (χ0n) is 15.4. The molecule has 2 saturated heterocycles. The largest absolute Gasteiger partial charge is 0.416 e. The maximum absolute atomic E-state index is 12.9. The van der Waals surface area contributed by atoms with Crippen molar-refractivity contribution in [2.45, 2.75) is 44.1 Å². The van der Waals surface area contributed by atoms with Gasteiger partial charge in [0.25, 0.3) is 0 Å². The number of nitrogens with one attached hydrogen (secondary N) is 1. The zero-order chi connectivity index (χ0) is 20.3. The minimum Gasteiger partial charge on any atom is -0.393 e. The third-order valence-electron chi connectivity index (χ3n) is 5.27. The molecule has 154 valence electrons. The molecular weight excluding hydrogens is 375 g/mol. The summed E-state index contributed by atoms with van der Waals surface area (Å²) < 4.78 is 38.8. The molecule has 1 unspecified atom stereocenters. The van der Waals surface area contributed by atoms with E-state index in [9.17, 15) is 27.9 Å². The van der Waals surface area contributed by atoms with Gasteiger partial charge in [-0.2, -0.15) is 13.2 Å². The number of benzene rings is 1. The summed E-state index contributed by atoms with van der Waals surface area (Å²) in [5.41, 5.74) is -0.283. The van der Waals surface area contributed by atoms with Crippen molar-refractivity contribution in [3.05, 3.63) is 35.4 Å². The first-order valence-electron chi connectivity index (χ1n) is 9.38. The van der Waals surface area contributed by atoms with E-state index < -0.39 is 23.9 Å². The van der Waals surface area contributed by atoms with Gasteiger partial charge in [-0.1, -0.05) is 18.2 Å². The number of amides is 2. The second-order valence-corrected chi connectivity index (χ2v) is 7.29. The van der Waals surface area contributed by atoms with Crippen LogP contribution in [0.25, 0.3) is 0 Å². The highest BCUT2D eigenvalue weighted by atomic mass is 19.4. The molecule has 2 fully saturated rings. The van der Waals surface area contributed by atoms with Crippen LogP contribution >= 0.6 is 0 Å². The predicted molar refractivity (Wildman–Crippen MR) is 95.1 cm³/mol. The Bertz CT molecular complexity index is 718. The molecule has 2 aliphatic rings. The summed E-state index contributed by atoms with van der Waals surface area (Å²) in [4.78, 5) is 28.3. The molecule has 2 aliphatic heterocycles. The quantitative estimate of drug-likeness (QED) is 0.803. The maximum Gasteiger partial charge on any atom is 0.416 e. The molecule has 0 radical (unpaired) electrons. The minimum absolute atomic E-state index is 0.0269. The number of aliphatic hydroxyl groups excluding tert-OH is 1. The van der Waals surface area contributed by atoms with Gasteiger partial charge in [-0.3, -0.25) is 14.5 Å². The van der Waals surface area contributed by atoms with Crippen LogP contribution in [0.15, 0.2) is 24.3 Å². The zero-order valence-corrected chi connectivity index (χ0v) is 15.4. The molecule has 0 spiro atoms. The third kappa shape index (κ3) is 5.02. The molecule has 2 amide bonds. The molecule has 0 bridgehead atoms. The van der Waals surface area contributed by atoms with E-state index in [2.05, 4.69) is 5.32 Å². The highest BCUT2D eigenvalue weighted by molar-refractivity contribution is 5.88. The van der Waals surface area contributed by atoms with Crippen LogP contribution in [0.3, 0.4) is 0 Å². The number of piperazine rings is 1. The molecule has 6 nitrogen and oxygen atoms in total. The Morgan fingerprint density at radius 2 is 1.93 bits per heavy atom. The van der Waals surface area contributed by atoms with Crippen LogP contribution in [-0.4, -0.2) is 65.0 Å². The number of halogens is 3. The lowest BCUT2D eigenvalue weighted by molar-refractivity contribution is -0.140. The number of hydrogen-bond acceptors (Lipinski definition) is 4. The average molecular weight is 399 g/mol. The first-order chi connectivity index (χ1) is 13.2. The molecule has 0 aliphatic carbocycles. The van der Waals surface area contributed by atoms with Gasteiger partial charge in [0, 0.05) is 32.7 Å². The Hall–Kier alpha value is -2.13. The summed E-state index contributed by atoms with van der Waals surface area (Å²) in [6, 6.07) is 4.31. The number of piperidine rings is 1. The van der Waals surface area contributed by atoms with Crippen molar-refractivity contribution in [2.75, 3.05) is 26.2 Å². The first kappa shape index (κ1) is 20.6.